The van der Waals surface area contributed by atoms with Gasteiger partial charge in [0, 0.05) is 21.3 Å². The van der Waals surface area contributed by atoms with Gasteiger partial charge in [-0.25, -0.2) is 0 Å². The van der Waals surface area contributed by atoms with Gasteiger partial charge in [0.15, 0.2) is 5.78 Å². The number of carbonyl (C=O) groups excluding carboxylic acids is 1. The average molecular weight is 338 g/mol. The molecule has 22 heavy (non-hydrogen) atoms. The molecule has 2 aliphatic heterocycles. The Morgan fingerprint density at radius 1 is 1.27 bits per heavy atom. The van der Waals surface area contributed by atoms with Crippen LogP contribution in [0.4, 0.5) is 0 Å². The van der Waals surface area contributed by atoms with Gasteiger partial charge in [-0.1, -0.05) is 12.1 Å². The number of thioether (sulfide) groups is 2. The molecule has 0 N–H and O–H groups in total. The second kappa shape index (κ2) is 7.55. The van der Waals surface area contributed by atoms with Crippen molar-refractivity contribution in [3.8, 4) is 5.75 Å². The predicted molar refractivity (Wildman–Crippen MR) is 89.8 cm³/mol. The summed E-state index contributed by atoms with van der Waals surface area (Å²) in [6, 6.07) is 7.26. The number of benzene rings is 1. The van der Waals surface area contributed by atoms with Crippen molar-refractivity contribution in [1.82, 2.24) is 0 Å². The molecule has 2 heterocycles. The van der Waals surface area contributed by atoms with Crippen LogP contribution in [-0.2, 0) is 9.47 Å². The van der Waals surface area contributed by atoms with Crippen molar-refractivity contribution in [3.05, 3.63) is 39.6 Å². The van der Waals surface area contributed by atoms with Gasteiger partial charge in [0.05, 0.1) is 32.5 Å². The number of rotatable bonds is 4. The SMILES string of the molecule is COc1cccc(C(=O)C(=C2SCCS2)C2COCCO2)c1. The van der Waals surface area contributed by atoms with E-state index in [4.69, 9.17) is 14.2 Å². The smallest absolute Gasteiger partial charge is 0.193 e. The quantitative estimate of drug-likeness (QED) is 0.621. The molecular weight excluding hydrogens is 320 g/mol. The molecule has 6 heteroatoms. The minimum atomic E-state index is -0.277. The van der Waals surface area contributed by atoms with Crippen LogP contribution in [0.3, 0.4) is 0 Å². The lowest BCUT2D eigenvalue weighted by Gasteiger charge is -2.26. The Morgan fingerprint density at radius 2 is 2.09 bits per heavy atom. The Bertz CT molecular complexity index is 571. The van der Waals surface area contributed by atoms with Gasteiger partial charge < -0.3 is 14.2 Å². The number of carbonyl (C=O) groups is 1. The molecule has 118 valence electrons. The van der Waals surface area contributed by atoms with Gasteiger partial charge in [-0.2, -0.15) is 0 Å². The van der Waals surface area contributed by atoms with Crippen molar-refractivity contribution in [1.29, 1.82) is 0 Å². The average Bonchev–Trinajstić information content (AvgIpc) is 3.10. The predicted octanol–water partition coefficient (Wildman–Crippen LogP) is 2.98. The van der Waals surface area contributed by atoms with Gasteiger partial charge in [-0.15, -0.1) is 23.5 Å². The number of Topliss-reactive ketones (excluding diaryl/α,β-unsaturated/α-hetero) is 1. The second-order valence-corrected chi connectivity index (χ2v) is 7.36. The molecule has 1 atom stereocenters. The molecule has 0 bridgehead atoms. The summed E-state index contributed by atoms with van der Waals surface area (Å²) < 4.78 is 17.6. The van der Waals surface area contributed by atoms with Gasteiger partial charge in [0.25, 0.3) is 0 Å². The highest BCUT2D eigenvalue weighted by Gasteiger charge is 2.30. The van der Waals surface area contributed by atoms with E-state index in [0.29, 0.717) is 31.1 Å². The number of ketones is 1. The van der Waals surface area contributed by atoms with Crippen molar-refractivity contribution in [2.45, 2.75) is 6.10 Å². The molecule has 0 spiro atoms. The normalized spacial score (nSPS) is 21.7. The highest BCUT2D eigenvalue weighted by Crippen LogP contribution is 2.41. The molecule has 0 radical (unpaired) electrons. The van der Waals surface area contributed by atoms with Gasteiger partial charge in [0.1, 0.15) is 11.9 Å². The van der Waals surface area contributed by atoms with Crippen molar-refractivity contribution in [2.24, 2.45) is 0 Å². The highest BCUT2D eigenvalue weighted by molar-refractivity contribution is 8.25. The van der Waals surface area contributed by atoms with E-state index < -0.39 is 0 Å². The second-order valence-electron chi connectivity index (χ2n) is 4.89. The molecule has 3 rings (SSSR count). The van der Waals surface area contributed by atoms with E-state index in [0.717, 1.165) is 21.3 Å². The Balaban J connectivity index is 1.94. The molecule has 0 amide bonds. The van der Waals surface area contributed by atoms with Crippen molar-refractivity contribution < 1.29 is 19.0 Å². The van der Waals surface area contributed by atoms with Gasteiger partial charge >= 0.3 is 0 Å². The summed E-state index contributed by atoms with van der Waals surface area (Å²) in [5, 5.41) is 0. The summed E-state index contributed by atoms with van der Waals surface area (Å²) in [6.07, 6.45) is -0.277. The molecule has 1 unspecified atom stereocenters. The maximum absolute atomic E-state index is 13.0. The zero-order chi connectivity index (χ0) is 15.4. The molecule has 1 aromatic rings. The largest absolute Gasteiger partial charge is 0.497 e. The molecule has 0 aromatic heterocycles. The highest BCUT2D eigenvalue weighted by atomic mass is 32.2. The van der Waals surface area contributed by atoms with Crippen LogP contribution in [0, 0.1) is 0 Å². The summed E-state index contributed by atoms with van der Waals surface area (Å²) in [5.74, 6) is 2.75. The van der Waals surface area contributed by atoms with Crippen LogP contribution < -0.4 is 4.74 Å². The Morgan fingerprint density at radius 3 is 2.77 bits per heavy atom. The molecule has 0 aliphatic carbocycles. The van der Waals surface area contributed by atoms with Crippen LogP contribution in [0.1, 0.15) is 10.4 Å². The number of methoxy groups -OCH3 is 1. The third-order valence-electron chi connectivity index (χ3n) is 3.48. The van der Waals surface area contributed by atoms with E-state index in [1.807, 2.05) is 18.2 Å². The molecule has 1 aromatic carbocycles. The number of hydrogen-bond acceptors (Lipinski definition) is 6. The standard InChI is InChI=1S/C16H18O4S2/c1-18-12-4-2-3-11(9-12)15(17)14(16-21-7-8-22-16)13-10-19-5-6-20-13/h2-4,9,13H,5-8,10H2,1H3. The fourth-order valence-electron chi connectivity index (χ4n) is 2.41. The lowest BCUT2D eigenvalue weighted by atomic mass is 10.00. The fourth-order valence-corrected chi connectivity index (χ4v) is 5.04. The molecule has 4 nitrogen and oxygen atoms in total. The topological polar surface area (TPSA) is 44.8 Å². The van der Waals surface area contributed by atoms with Crippen LogP contribution in [0.15, 0.2) is 34.1 Å². The number of ether oxygens (including phenoxy) is 3. The first kappa shape index (κ1) is 15.9. The summed E-state index contributed by atoms with van der Waals surface area (Å²) in [4.78, 5) is 13.0. The van der Waals surface area contributed by atoms with Crippen LogP contribution in [0.5, 0.6) is 5.75 Å². The molecule has 0 saturated carbocycles. The van der Waals surface area contributed by atoms with E-state index in [1.54, 1.807) is 36.7 Å². The van der Waals surface area contributed by atoms with Gasteiger partial charge in [-0.3, -0.25) is 4.79 Å². The molecule has 2 aliphatic rings. The minimum absolute atomic E-state index is 0.00583. The van der Waals surface area contributed by atoms with Crippen molar-refractivity contribution >= 4 is 29.3 Å². The molecule has 2 fully saturated rings. The first-order valence-corrected chi connectivity index (χ1v) is 9.14. The monoisotopic (exact) mass is 338 g/mol. The fraction of sp³-hybridized carbons (Fsp3) is 0.438. The zero-order valence-corrected chi connectivity index (χ0v) is 14.0. The Labute approximate surface area is 138 Å². The van der Waals surface area contributed by atoms with E-state index in [9.17, 15) is 4.79 Å². The lowest BCUT2D eigenvalue weighted by molar-refractivity contribution is -0.0712. The van der Waals surface area contributed by atoms with Crippen LogP contribution in [-0.4, -0.2) is 50.3 Å². The Hall–Kier alpha value is -0.950. The zero-order valence-electron chi connectivity index (χ0n) is 12.4. The maximum Gasteiger partial charge on any atom is 0.193 e. The third-order valence-corrected chi connectivity index (χ3v) is 6.23. The summed E-state index contributed by atoms with van der Waals surface area (Å²) in [5.41, 5.74) is 1.37. The van der Waals surface area contributed by atoms with Crippen LogP contribution >= 0.6 is 23.5 Å². The summed E-state index contributed by atoms with van der Waals surface area (Å²) in [6.45, 7) is 1.56. The van der Waals surface area contributed by atoms with Crippen molar-refractivity contribution in [3.63, 3.8) is 0 Å². The van der Waals surface area contributed by atoms with Crippen LogP contribution in [0.25, 0.3) is 0 Å². The first-order chi connectivity index (χ1) is 10.8. The van der Waals surface area contributed by atoms with E-state index in [2.05, 4.69) is 0 Å². The molecular formula is C16H18O4S2. The lowest BCUT2D eigenvalue weighted by Crippen LogP contribution is -2.33. The minimum Gasteiger partial charge on any atom is -0.497 e. The van der Waals surface area contributed by atoms with E-state index in [1.165, 1.54) is 0 Å². The first-order valence-electron chi connectivity index (χ1n) is 7.17. The van der Waals surface area contributed by atoms with Gasteiger partial charge in [0.2, 0.25) is 0 Å². The van der Waals surface area contributed by atoms with E-state index in [-0.39, 0.29) is 11.9 Å². The Kier molecular flexibility index (Phi) is 5.46. The third kappa shape index (κ3) is 3.51. The van der Waals surface area contributed by atoms with Crippen molar-refractivity contribution in [2.75, 3.05) is 38.4 Å². The van der Waals surface area contributed by atoms with Crippen LogP contribution in [0.2, 0.25) is 0 Å². The number of hydrogen-bond donors (Lipinski definition) is 0. The summed E-state index contributed by atoms with van der Waals surface area (Å²) >= 11 is 3.46. The molecule has 2 saturated heterocycles. The van der Waals surface area contributed by atoms with E-state index >= 15 is 0 Å². The summed E-state index contributed by atoms with van der Waals surface area (Å²) in [7, 11) is 1.60. The van der Waals surface area contributed by atoms with Gasteiger partial charge in [-0.05, 0) is 12.1 Å². The maximum atomic E-state index is 13.0.